The molecule has 2 aromatic rings. The van der Waals surface area contributed by atoms with Crippen LogP contribution in [0.5, 0.6) is 0 Å². The zero-order valence-electron chi connectivity index (χ0n) is 10.7. The molecular formula is C15H15FN2O. The van der Waals surface area contributed by atoms with Crippen LogP contribution in [-0.4, -0.2) is 17.4 Å². The number of benzene rings is 1. The number of rotatable bonds is 4. The van der Waals surface area contributed by atoms with Gasteiger partial charge >= 0.3 is 0 Å². The monoisotopic (exact) mass is 258 g/mol. The van der Waals surface area contributed by atoms with Gasteiger partial charge in [-0.05, 0) is 42.7 Å². The molecule has 1 aromatic heterocycles. The molecule has 0 spiro atoms. The molecule has 0 aliphatic carbocycles. The molecule has 1 aromatic carbocycles. The molecule has 3 nitrogen and oxygen atoms in total. The van der Waals surface area contributed by atoms with Crippen molar-refractivity contribution in [3.05, 3.63) is 65.2 Å². The lowest BCUT2D eigenvalue weighted by Gasteiger charge is -2.06. The standard InChI is InChI=1S/C15H15FN2O/c1-11-4-5-13(14(16)9-11)15(19)18-8-6-12-3-2-7-17-10-12/h2-5,7,9-10H,6,8H2,1H3,(H,18,19). The van der Waals surface area contributed by atoms with Crippen molar-refractivity contribution >= 4 is 5.91 Å². The molecule has 0 aliphatic rings. The van der Waals surface area contributed by atoms with Gasteiger partial charge in [-0.1, -0.05) is 12.1 Å². The second-order valence-corrected chi connectivity index (χ2v) is 4.35. The van der Waals surface area contributed by atoms with E-state index in [1.54, 1.807) is 25.4 Å². The number of aromatic nitrogens is 1. The Balaban J connectivity index is 1.91. The van der Waals surface area contributed by atoms with Gasteiger partial charge in [0.2, 0.25) is 0 Å². The van der Waals surface area contributed by atoms with Crippen LogP contribution in [0.3, 0.4) is 0 Å². The van der Waals surface area contributed by atoms with Crippen LogP contribution in [0, 0.1) is 12.7 Å². The van der Waals surface area contributed by atoms with Crippen LogP contribution in [0.15, 0.2) is 42.7 Å². The first kappa shape index (κ1) is 13.2. The molecule has 98 valence electrons. The van der Waals surface area contributed by atoms with E-state index in [1.807, 2.05) is 12.1 Å². The van der Waals surface area contributed by atoms with Crippen molar-refractivity contribution in [1.82, 2.24) is 10.3 Å². The van der Waals surface area contributed by atoms with Crippen molar-refractivity contribution in [2.45, 2.75) is 13.3 Å². The summed E-state index contributed by atoms with van der Waals surface area (Å²) < 4.78 is 13.6. The first-order valence-electron chi connectivity index (χ1n) is 6.10. The molecule has 19 heavy (non-hydrogen) atoms. The molecule has 1 N–H and O–H groups in total. The van der Waals surface area contributed by atoms with Crippen LogP contribution in [0.1, 0.15) is 21.5 Å². The predicted molar refractivity (Wildman–Crippen MR) is 71.4 cm³/mol. The summed E-state index contributed by atoms with van der Waals surface area (Å²) in [5, 5.41) is 2.70. The van der Waals surface area contributed by atoms with Crippen molar-refractivity contribution in [2.75, 3.05) is 6.54 Å². The van der Waals surface area contributed by atoms with E-state index < -0.39 is 5.82 Å². The third kappa shape index (κ3) is 3.61. The Hall–Kier alpha value is -2.23. The Bertz CT molecular complexity index is 570. The highest BCUT2D eigenvalue weighted by atomic mass is 19.1. The smallest absolute Gasteiger partial charge is 0.254 e. The normalized spacial score (nSPS) is 10.2. The predicted octanol–water partition coefficient (Wildman–Crippen LogP) is 2.50. The van der Waals surface area contributed by atoms with Gasteiger partial charge in [0.1, 0.15) is 5.82 Å². The van der Waals surface area contributed by atoms with Gasteiger partial charge in [-0.25, -0.2) is 4.39 Å². The molecule has 0 bridgehead atoms. The van der Waals surface area contributed by atoms with Gasteiger partial charge in [0, 0.05) is 18.9 Å². The van der Waals surface area contributed by atoms with E-state index in [4.69, 9.17) is 0 Å². The number of amides is 1. The van der Waals surface area contributed by atoms with Gasteiger partial charge in [0.15, 0.2) is 0 Å². The van der Waals surface area contributed by atoms with E-state index in [1.165, 1.54) is 12.1 Å². The maximum atomic E-state index is 13.6. The van der Waals surface area contributed by atoms with Gasteiger partial charge in [-0.15, -0.1) is 0 Å². The molecule has 0 fully saturated rings. The maximum absolute atomic E-state index is 13.6. The third-order valence-corrected chi connectivity index (χ3v) is 2.79. The first-order chi connectivity index (χ1) is 9.16. The van der Waals surface area contributed by atoms with Gasteiger partial charge < -0.3 is 5.32 Å². The van der Waals surface area contributed by atoms with Gasteiger partial charge in [0.25, 0.3) is 5.91 Å². The molecule has 0 unspecified atom stereocenters. The Morgan fingerprint density at radius 2 is 2.21 bits per heavy atom. The van der Waals surface area contributed by atoms with E-state index in [9.17, 15) is 9.18 Å². The Kier molecular flexibility index (Phi) is 4.23. The first-order valence-corrected chi connectivity index (χ1v) is 6.10. The average molecular weight is 258 g/mol. The summed E-state index contributed by atoms with van der Waals surface area (Å²) >= 11 is 0. The highest BCUT2D eigenvalue weighted by Gasteiger charge is 2.10. The minimum absolute atomic E-state index is 0.0804. The van der Waals surface area contributed by atoms with Crippen molar-refractivity contribution in [2.24, 2.45) is 0 Å². The third-order valence-electron chi connectivity index (χ3n) is 2.79. The number of nitrogens with one attached hydrogen (secondary N) is 1. The summed E-state index contributed by atoms with van der Waals surface area (Å²) in [6, 6.07) is 8.36. The van der Waals surface area contributed by atoms with Gasteiger partial charge in [-0.2, -0.15) is 0 Å². The molecule has 2 rings (SSSR count). The van der Waals surface area contributed by atoms with Crippen LogP contribution in [0.25, 0.3) is 0 Å². The number of carbonyl (C=O) groups is 1. The molecule has 0 saturated heterocycles. The Morgan fingerprint density at radius 3 is 2.89 bits per heavy atom. The fourth-order valence-corrected chi connectivity index (χ4v) is 1.77. The lowest BCUT2D eigenvalue weighted by atomic mass is 10.1. The lowest BCUT2D eigenvalue weighted by molar-refractivity contribution is 0.0950. The van der Waals surface area contributed by atoms with Crippen LogP contribution in [-0.2, 0) is 6.42 Å². The van der Waals surface area contributed by atoms with Crippen LogP contribution >= 0.6 is 0 Å². The highest BCUT2D eigenvalue weighted by Crippen LogP contribution is 2.09. The van der Waals surface area contributed by atoms with Crippen molar-refractivity contribution < 1.29 is 9.18 Å². The number of halogens is 1. The molecule has 0 saturated carbocycles. The minimum atomic E-state index is -0.487. The number of aryl methyl sites for hydroxylation is 1. The van der Waals surface area contributed by atoms with Gasteiger partial charge in [-0.3, -0.25) is 9.78 Å². The average Bonchev–Trinajstić information content (AvgIpc) is 2.39. The van der Waals surface area contributed by atoms with E-state index >= 15 is 0 Å². The molecule has 0 radical (unpaired) electrons. The fourth-order valence-electron chi connectivity index (χ4n) is 1.77. The van der Waals surface area contributed by atoms with Crippen LogP contribution < -0.4 is 5.32 Å². The fraction of sp³-hybridized carbons (Fsp3) is 0.200. The zero-order chi connectivity index (χ0) is 13.7. The second-order valence-electron chi connectivity index (χ2n) is 4.35. The summed E-state index contributed by atoms with van der Waals surface area (Å²) in [6.07, 6.45) is 4.12. The van der Waals surface area contributed by atoms with E-state index in [0.29, 0.717) is 13.0 Å². The minimum Gasteiger partial charge on any atom is -0.352 e. The highest BCUT2D eigenvalue weighted by molar-refractivity contribution is 5.94. The van der Waals surface area contributed by atoms with E-state index in [0.717, 1.165) is 11.1 Å². The number of nitrogens with zero attached hydrogens (tertiary/aromatic N) is 1. The molecule has 0 aliphatic heterocycles. The Morgan fingerprint density at radius 1 is 1.37 bits per heavy atom. The van der Waals surface area contributed by atoms with Crippen LogP contribution in [0.2, 0.25) is 0 Å². The van der Waals surface area contributed by atoms with Crippen molar-refractivity contribution in [3.63, 3.8) is 0 Å². The van der Waals surface area contributed by atoms with Crippen molar-refractivity contribution in [1.29, 1.82) is 0 Å². The number of hydrogen-bond acceptors (Lipinski definition) is 2. The summed E-state index contributed by atoms with van der Waals surface area (Å²) in [5.41, 5.74) is 1.91. The zero-order valence-corrected chi connectivity index (χ0v) is 10.7. The van der Waals surface area contributed by atoms with Gasteiger partial charge in [0.05, 0.1) is 5.56 Å². The van der Waals surface area contributed by atoms with E-state index in [-0.39, 0.29) is 11.5 Å². The molecule has 0 atom stereocenters. The number of carbonyl (C=O) groups excluding carboxylic acids is 1. The molecule has 4 heteroatoms. The summed E-state index contributed by atoms with van der Waals surface area (Å²) in [7, 11) is 0. The summed E-state index contributed by atoms with van der Waals surface area (Å²) in [5.74, 6) is -0.875. The number of pyridine rings is 1. The summed E-state index contributed by atoms with van der Waals surface area (Å²) in [6.45, 7) is 2.24. The van der Waals surface area contributed by atoms with Crippen molar-refractivity contribution in [3.8, 4) is 0 Å². The topological polar surface area (TPSA) is 42.0 Å². The molecule has 1 heterocycles. The largest absolute Gasteiger partial charge is 0.352 e. The second kappa shape index (κ2) is 6.09. The van der Waals surface area contributed by atoms with E-state index in [2.05, 4.69) is 10.3 Å². The Labute approximate surface area is 111 Å². The molecule has 1 amide bonds. The summed E-state index contributed by atoms with van der Waals surface area (Å²) in [4.78, 5) is 15.8. The lowest BCUT2D eigenvalue weighted by Crippen LogP contribution is -2.26. The van der Waals surface area contributed by atoms with Crippen LogP contribution in [0.4, 0.5) is 4.39 Å². The maximum Gasteiger partial charge on any atom is 0.254 e. The number of hydrogen-bond donors (Lipinski definition) is 1. The quantitative estimate of drug-likeness (QED) is 0.915. The SMILES string of the molecule is Cc1ccc(C(=O)NCCc2cccnc2)c(F)c1. The molecular weight excluding hydrogens is 243 g/mol.